The summed E-state index contributed by atoms with van der Waals surface area (Å²) < 4.78 is 11.0. The summed E-state index contributed by atoms with van der Waals surface area (Å²) in [5.74, 6) is -0.557. The number of rotatable bonds is 4. The van der Waals surface area contributed by atoms with Gasteiger partial charge in [0.25, 0.3) is 5.78 Å². The Bertz CT molecular complexity index is 1170. The molecule has 1 amide bonds. The van der Waals surface area contributed by atoms with E-state index in [-0.39, 0.29) is 17.2 Å². The largest absolute Gasteiger partial charge is 0.507 e. The zero-order valence-electron chi connectivity index (χ0n) is 16.1. The van der Waals surface area contributed by atoms with Gasteiger partial charge < -0.3 is 14.4 Å². The normalized spacial score (nSPS) is 18.1. The molecule has 4 rings (SSSR count). The number of hydrogen-bond acceptors (Lipinski definition) is 6. The number of Topliss-reactive ketones (excluding diaryl/α,β-unsaturated/α-hetero) is 1. The van der Waals surface area contributed by atoms with E-state index >= 15 is 0 Å². The van der Waals surface area contributed by atoms with Crippen LogP contribution in [0.2, 0.25) is 0 Å². The molecule has 1 fully saturated rings. The second-order valence-corrected chi connectivity index (χ2v) is 7.66. The minimum Gasteiger partial charge on any atom is -0.507 e. The topological polar surface area (TPSA) is 92.9 Å². The highest BCUT2D eigenvalue weighted by Crippen LogP contribution is 2.42. The lowest BCUT2D eigenvalue weighted by atomic mass is 9.95. The van der Waals surface area contributed by atoms with E-state index in [4.69, 9.17) is 9.26 Å². The van der Waals surface area contributed by atoms with E-state index in [0.717, 1.165) is 4.47 Å². The summed E-state index contributed by atoms with van der Waals surface area (Å²) in [5, 5.41) is 14.9. The van der Waals surface area contributed by atoms with Crippen LogP contribution in [0.5, 0.6) is 5.75 Å². The Balaban J connectivity index is 1.92. The predicted octanol–water partition coefficient (Wildman–Crippen LogP) is 4.38. The highest BCUT2D eigenvalue weighted by molar-refractivity contribution is 9.10. The maximum Gasteiger partial charge on any atom is 0.301 e. The Hall–Kier alpha value is -3.39. The molecule has 1 aliphatic heterocycles. The quantitative estimate of drug-likeness (QED) is 0.347. The first-order valence-corrected chi connectivity index (χ1v) is 9.84. The minimum atomic E-state index is -0.867. The minimum absolute atomic E-state index is 0.0241. The highest BCUT2D eigenvalue weighted by Gasteiger charge is 2.48. The molecule has 1 aliphatic rings. The van der Waals surface area contributed by atoms with Crippen LogP contribution >= 0.6 is 15.9 Å². The van der Waals surface area contributed by atoms with Crippen LogP contribution in [0.4, 0.5) is 5.82 Å². The van der Waals surface area contributed by atoms with Gasteiger partial charge in [0.05, 0.1) is 18.7 Å². The molecule has 0 saturated carbocycles. The third kappa shape index (κ3) is 3.39. The van der Waals surface area contributed by atoms with Crippen molar-refractivity contribution in [3.63, 3.8) is 0 Å². The molecule has 152 valence electrons. The lowest BCUT2D eigenvalue weighted by Gasteiger charge is -2.23. The Morgan fingerprint density at radius 1 is 1.17 bits per heavy atom. The molecule has 0 spiro atoms. The standard InChI is InChI=1S/C22H17BrN2O5/c1-12-10-17(24-30-12)25-19(14-4-3-5-15(23)11-14)18(21(27)22(25)28)20(26)13-6-8-16(29-2)9-7-13/h3-11,19,26H,1-2H3/b20-18-. The van der Waals surface area contributed by atoms with Crippen molar-refractivity contribution in [3.8, 4) is 5.75 Å². The number of aliphatic hydroxyl groups is 1. The zero-order chi connectivity index (χ0) is 21.4. The third-order valence-electron chi connectivity index (χ3n) is 4.83. The summed E-state index contributed by atoms with van der Waals surface area (Å²) >= 11 is 3.42. The fourth-order valence-corrected chi connectivity index (χ4v) is 3.85. The van der Waals surface area contributed by atoms with Gasteiger partial charge in [-0.05, 0) is 48.9 Å². The summed E-state index contributed by atoms with van der Waals surface area (Å²) in [5.41, 5.74) is 1.01. The number of amides is 1. The number of halogens is 1. The van der Waals surface area contributed by atoms with Crippen molar-refractivity contribution in [2.75, 3.05) is 12.0 Å². The van der Waals surface area contributed by atoms with Gasteiger partial charge in [-0.15, -0.1) is 0 Å². The number of anilines is 1. The number of ketones is 1. The molecule has 1 atom stereocenters. The van der Waals surface area contributed by atoms with Crippen LogP contribution in [0.1, 0.15) is 22.9 Å². The van der Waals surface area contributed by atoms with Gasteiger partial charge in [0.15, 0.2) is 5.82 Å². The molecule has 8 heteroatoms. The smallest absolute Gasteiger partial charge is 0.301 e. The average molecular weight is 469 g/mol. The maximum absolute atomic E-state index is 13.0. The Labute approximate surface area is 180 Å². The summed E-state index contributed by atoms with van der Waals surface area (Å²) in [4.78, 5) is 27.2. The molecule has 0 radical (unpaired) electrons. The molecule has 2 aromatic carbocycles. The number of nitrogens with zero attached hydrogens (tertiary/aromatic N) is 2. The van der Waals surface area contributed by atoms with Crippen LogP contribution in [0, 0.1) is 6.92 Å². The van der Waals surface area contributed by atoms with Gasteiger partial charge in [-0.2, -0.15) is 0 Å². The number of aryl methyl sites for hydroxylation is 1. The number of hydrogen-bond donors (Lipinski definition) is 1. The Morgan fingerprint density at radius 2 is 1.90 bits per heavy atom. The van der Waals surface area contributed by atoms with Gasteiger partial charge in [-0.3, -0.25) is 14.5 Å². The molecule has 30 heavy (non-hydrogen) atoms. The molecular weight excluding hydrogens is 452 g/mol. The van der Waals surface area contributed by atoms with Gasteiger partial charge >= 0.3 is 5.91 Å². The van der Waals surface area contributed by atoms with Crippen molar-refractivity contribution in [1.82, 2.24) is 5.16 Å². The number of carbonyl (C=O) groups excluding carboxylic acids is 2. The number of carbonyl (C=O) groups is 2. The van der Waals surface area contributed by atoms with Crippen molar-refractivity contribution in [2.45, 2.75) is 13.0 Å². The summed E-state index contributed by atoms with van der Waals surface area (Å²) in [6, 6.07) is 14.5. The van der Waals surface area contributed by atoms with Gasteiger partial charge in [-0.1, -0.05) is 33.2 Å². The first kappa shape index (κ1) is 19.9. The van der Waals surface area contributed by atoms with Crippen molar-refractivity contribution >= 4 is 39.2 Å². The van der Waals surface area contributed by atoms with Crippen molar-refractivity contribution in [3.05, 3.63) is 81.5 Å². The molecule has 2 heterocycles. The second kappa shape index (κ2) is 7.79. The molecule has 1 saturated heterocycles. The zero-order valence-corrected chi connectivity index (χ0v) is 17.7. The maximum atomic E-state index is 13.0. The first-order chi connectivity index (χ1) is 14.4. The summed E-state index contributed by atoms with van der Waals surface area (Å²) in [7, 11) is 1.54. The second-order valence-electron chi connectivity index (χ2n) is 6.75. The van der Waals surface area contributed by atoms with Crippen LogP contribution in [0.15, 0.2) is 69.2 Å². The van der Waals surface area contributed by atoms with Crippen LogP contribution in [-0.4, -0.2) is 29.1 Å². The Morgan fingerprint density at radius 3 is 2.50 bits per heavy atom. The fraction of sp³-hybridized carbons (Fsp3) is 0.136. The molecule has 1 unspecified atom stereocenters. The van der Waals surface area contributed by atoms with Crippen molar-refractivity contribution in [2.24, 2.45) is 0 Å². The average Bonchev–Trinajstić information content (AvgIpc) is 3.28. The molecule has 0 bridgehead atoms. The van der Waals surface area contributed by atoms with Crippen LogP contribution in [0.3, 0.4) is 0 Å². The van der Waals surface area contributed by atoms with Gasteiger partial charge in [0, 0.05) is 16.1 Å². The third-order valence-corrected chi connectivity index (χ3v) is 5.33. The van der Waals surface area contributed by atoms with E-state index in [1.807, 2.05) is 6.07 Å². The van der Waals surface area contributed by atoms with E-state index < -0.39 is 17.7 Å². The molecule has 1 aromatic heterocycles. The Kier molecular flexibility index (Phi) is 5.17. The molecule has 0 aliphatic carbocycles. The van der Waals surface area contributed by atoms with E-state index in [1.54, 1.807) is 55.5 Å². The van der Waals surface area contributed by atoms with Crippen LogP contribution < -0.4 is 9.64 Å². The van der Waals surface area contributed by atoms with Gasteiger partial charge in [-0.25, -0.2) is 0 Å². The van der Waals surface area contributed by atoms with E-state index in [1.165, 1.54) is 12.0 Å². The van der Waals surface area contributed by atoms with Crippen molar-refractivity contribution < 1.29 is 24.0 Å². The molecule has 3 aromatic rings. The highest BCUT2D eigenvalue weighted by atomic mass is 79.9. The lowest BCUT2D eigenvalue weighted by molar-refractivity contribution is -0.132. The number of methoxy groups -OCH3 is 1. The van der Waals surface area contributed by atoms with Crippen LogP contribution in [-0.2, 0) is 9.59 Å². The van der Waals surface area contributed by atoms with E-state index in [0.29, 0.717) is 22.6 Å². The van der Waals surface area contributed by atoms with Gasteiger partial charge in [0.1, 0.15) is 17.3 Å². The molecule has 1 N–H and O–H groups in total. The number of benzene rings is 2. The number of aromatic nitrogens is 1. The van der Waals surface area contributed by atoms with Crippen LogP contribution in [0.25, 0.3) is 5.76 Å². The monoisotopic (exact) mass is 468 g/mol. The molecule has 7 nitrogen and oxygen atoms in total. The SMILES string of the molecule is COc1ccc(/C(O)=C2/C(=O)C(=O)N(c3cc(C)on3)C2c2cccc(Br)c2)cc1. The lowest BCUT2D eigenvalue weighted by Crippen LogP contribution is -2.29. The fourth-order valence-electron chi connectivity index (χ4n) is 3.43. The summed E-state index contributed by atoms with van der Waals surface area (Å²) in [6.07, 6.45) is 0. The van der Waals surface area contributed by atoms with Gasteiger partial charge in [0.2, 0.25) is 0 Å². The van der Waals surface area contributed by atoms with Crippen molar-refractivity contribution in [1.29, 1.82) is 0 Å². The summed E-state index contributed by atoms with van der Waals surface area (Å²) in [6.45, 7) is 1.69. The molecular formula is C22H17BrN2O5. The van der Waals surface area contributed by atoms with E-state index in [9.17, 15) is 14.7 Å². The number of ether oxygens (including phenoxy) is 1. The number of aliphatic hydroxyl groups excluding tert-OH is 1. The van der Waals surface area contributed by atoms with E-state index in [2.05, 4.69) is 21.1 Å². The first-order valence-electron chi connectivity index (χ1n) is 9.05. The predicted molar refractivity (Wildman–Crippen MR) is 113 cm³/mol.